The number of hydrogen-bond acceptors (Lipinski definition) is 5. The van der Waals surface area contributed by atoms with Crippen molar-refractivity contribution >= 4 is 5.69 Å². The van der Waals surface area contributed by atoms with Crippen molar-refractivity contribution in [1.82, 2.24) is 15.0 Å². The minimum Gasteiger partial charge on any atom is -0.265 e. The van der Waals surface area contributed by atoms with Gasteiger partial charge >= 0.3 is 20.1 Å². The Labute approximate surface area is 357 Å². The van der Waals surface area contributed by atoms with Crippen molar-refractivity contribution in [2.75, 3.05) is 0 Å². The first-order valence-corrected chi connectivity index (χ1v) is 19.3. The fraction of sp³-hybridized carbons (Fsp3) is 0.294. The van der Waals surface area contributed by atoms with Crippen LogP contribution in [0, 0.1) is 47.4 Å². The summed E-state index contributed by atoms with van der Waals surface area (Å²) >= 11 is 0. The van der Waals surface area contributed by atoms with Gasteiger partial charge in [0.05, 0.1) is 24.4 Å². The molecule has 1 aliphatic carbocycles. The summed E-state index contributed by atoms with van der Waals surface area (Å²) in [5.74, 6) is -1.63. The Kier molecular flexibility index (Phi) is 11.5. The maximum atomic E-state index is 10.6. The van der Waals surface area contributed by atoms with E-state index in [1.807, 2.05) is 73.2 Å². The van der Waals surface area contributed by atoms with Crippen LogP contribution in [0.5, 0.6) is 0 Å². The van der Waals surface area contributed by atoms with E-state index in [-0.39, 0.29) is 36.4 Å². The molecule has 0 saturated heterocycles. The van der Waals surface area contributed by atoms with Gasteiger partial charge in [-0.15, -0.1) is 46.5 Å². The van der Waals surface area contributed by atoms with E-state index in [2.05, 4.69) is 116 Å². The van der Waals surface area contributed by atoms with Gasteiger partial charge in [-0.3, -0.25) is 19.8 Å². The molecule has 0 spiro atoms. The van der Waals surface area contributed by atoms with Crippen LogP contribution in [0.1, 0.15) is 158 Å². The summed E-state index contributed by atoms with van der Waals surface area (Å²) < 4.78 is 0. The normalized spacial score (nSPS) is 16.3. The van der Waals surface area contributed by atoms with Gasteiger partial charge in [-0.1, -0.05) is 73.4 Å². The van der Waals surface area contributed by atoms with Gasteiger partial charge in [-0.2, -0.15) is 52.0 Å². The van der Waals surface area contributed by atoms with Crippen LogP contribution >= 0.6 is 0 Å². The van der Waals surface area contributed by atoms with Crippen LogP contribution in [-0.2, 0) is 36.4 Å². The smallest absolute Gasteiger partial charge is 0.265 e. The molecule has 2 atom stereocenters. The molecule has 0 aliphatic heterocycles. The average molecular weight is 934 g/mol. The zero-order valence-corrected chi connectivity index (χ0v) is 36.8. The van der Waals surface area contributed by atoms with Gasteiger partial charge in [0.15, 0.2) is 0 Å². The van der Waals surface area contributed by atoms with Crippen molar-refractivity contribution in [3.8, 4) is 12.1 Å². The van der Waals surface area contributed by atoms with E-state index in [4.69, 9.17) is 21.5 Å². The van der Waals surface area contributed by atoms with Crippen molar-refractivity contribution in [3.63, 3.8) is 0 Å². The fourth-order valence-electron chi connectivity index (χ4n) is 7.63. The van der Waals surface area contributed by atoms with E-state index in [0.29, 0.717) is 50.2 Å². The van der Waals surface area contributed by atoms with Crippen LogP contribution in [-0.4, -0.2) is 15.0 Å². The molecule has 6 nitrogen and oxygen atoms in total. The molecule has 6 bridgehead atoms. The van der Waals surface area contributed by atoms with Gasteiger partial charge in [0.2, 0.25) is 0 Å². The molecule has 0 amide bonds. The summed E-state index contributed by atoms with van der Waals surface area (Å²) in [5.41, 5.74) is 10.7. The number of nitriles is 2. The maximum absolute atomic E-state index is 10.6. The van der Waals surface area contributed by atoms with E-state index in [1.54, 1.807) is 0 Å². The standard InChI is InChI=1S/C51H45N6.Ir/c1-49(2,3)39-11-14-55-43(26-39)46-33-17-31(29-52)19-35(21-33)47(44-27-40(12-15-56-44)50(4,5)6)37-23-38(25-42(24-37)54-10)48(36-20-32(30-53)18-34(46)22-36)45-28-41(13-16-57-45)51(7,8)9;/h11-20,24-28,46-48H,1-9H3;/q-3;+3. The van der Waals surface area contributed by atoms with Crippen molar-refractivity contribution in [2.24, 2.45) is 0 Å². The molecule has 7 rings (SSSR count). The van der Waals surface area contributed by atoms with Gasteiger partial charge in [0, 0.05) is 53.4 Å². The van der Waals surface area contributed by atoms with E-state index in [9.17, 15) is 10.5 Å². The molecule has 58 heavy (non-hydrogen) atoms. The van der Waals surface area contributed by atoms with E-state index < -0.39 is 17.8 Å². The van der Waals surface area contributed by atoms with Crippen LogP contribution in [0.2, 0.25) is 0 Å². The molecule has 2 unspecified atom stereocenters. The first-order chi connectivity index (χ1) is 27.0. The third-order valence-electron chi connectivity index (χ3n) is 10.8. The molecule has 7 heteroatoms. The predicted molar refractivity (Wildman–Crippen MR) is 223 cm³/mol. The molecule has 6 aromatic rings. The number of rotatable bonds is 3. The van der Waals surface area contributed by atoms with Crippen molar-refractivity contribution in [2.45, 2.75) is 96.3 Å². The first kappa shape index (κ1) is 41.9. The molecule has 0 radical (unpaired) electrons. The summed E-state index contributed by atoms with van der Waals surface area (Å²) in [4.78, 5) is 18.9. The van der Waals surface area contributed by atoms with Crippen LogP contribution in [0.25, 0.3) is 4.85 Å². The molecular weight excluding hydrogens is 889 g/mol. The van der Waals surface area contributed by atoms with E-state index in [0.717, 1.165) is 33.8 Å². The molecule has 1 aliphatic rings. The molecule has 0 saturated carbocycles. The Bertz CT molecular complexity index is 2290. The largest absolute Gasteiger partial charge is 3.00 e. The van der Waals surface area contributed by atoms with Crippen molar-refractivity contribution < 1.29 is 20.1 Å². The van der Waals surface area contributed by atoms with Crippen molar-refractivity contribution in [3.05, 3.63) is 199 Å². The van der Waals surface area contributed by atoms with E-state index >= 15 is 0 Å². The average Bonchev–Trinajstić information content (AvgIpc) is 3.17. The van der Waals surface area contributed by atoms with Crippen LogP contribution in [0.3, 0.4) is 0 Å². The van der Waals surface area contributed by atoms with Crippen molar-refractivity contribution in [1.29, 1.82) is 10.5 Å². The quantitative estimate of drug-likeness (QED) is 0.165. The zero-order valence-electron chi connectivity index (χ0n) is 34.4. The second-order valence-corrected chi connectivity index (χ2v) is 18.1. The summed E-state index contributed by atoms with van der Waals surface area (Å²) in [5, 5.41) is 21.2. The predicted octanol–water partition coefficient (Wildman–Crippen LogP) is 11.3. The Morgan fingerprint density at radius 3 is 1.02 bits per heavy atom. The second-order valence-electron chi connectivity index (χ2n) is 18.1. The number of benzene rings is 3. The first-order valence-electron chi connectivity index (χ1n) is 19.3. The van der Waals surface area contributed by atoms with Crippen LogP contribution in [0.4, 0.5) is 5.69 Å². The molecule has 3 aromatic carbocycles. The van der Waals surface area contributed by atoms with Gasteiger partial charge in [-0.25, -0.2) is 0 Å². The van der Waals surface area contributed by atoms with Crippen LogP contribution < -0.4 is 0 Å². The van der Waals surface area contributed by atoms with Crippen LogP contribution in [0.15, 0.2) is 91.4 Å². The van der Waals surface area contributed by atoms with Gasteiger partial charge in [0.1, 0.15) is 0 Å². The van der Waals surface area contributed by atoms with Gasteiger partial charge in [-0.05, 0) is 69.3 Å². The minimum atomic E-state index is -0.545. The molecule has 3 heterocycles. The third kappa shape index (κ3) is 8.42. The Morgan fingerprint density at radius 2 is 0.776 bits per heavy atom. The second kappa shape index (κ2) is 15.9. The monoisotopic (exact) mass is 934 g/mol. The number of pyridine rings is 3. The van der Waals surface area contributed by atoms with Gasteiger partial charge in [0.25, 0.3) is 0 Å². The fourth-order valence-corrected chi connectivity index (χ4v) is 7.63. The summed E-state index contributed by atoms with van der Waals surface area (Å²) in [6.07, 6.45) is 5.50. The zero-order chi connectivity index (χ0) is 40.9. The van der Waals surface area contributed by atoms with E-state index in [1.165, 1.54) is 0 Å². The molecular formula is C51H45IrN6. The minimum absolute atomic E-state index is 0. The number of fused-ring (bicyclic) bond motifs is 6. The topological polar surface area (TPSA) is 90.6 Å². The summed E-state index contributed by atoms with van der Waals surface area (Å²) in [6, 6.07) is 39.8. The number of nitrogens with zero attached hydrogens (tertiary/aromatic N) is 6. The maximum Gasteiger partial charge on any atom is 3.00 e. The Balaban J connectivity index is 0.00000567. The Hall–Kier alpha value is -5.77. The molecule has 0 N–H and O–H groups in total. The molecule has 288 valence electrons. The SMILES string of the molecule is [C-]#[N+]c1cc2[c-]c(c1)C(c1cc(C(C)(C)C)ccn1)c1[c-]c(cc(C#N)c1)C(c1cc(C(C)(C)C)ccn1)c1[c-]c(cc(C#N)c1)C2c1cc(C(C)(C)C)ccn1.[Ir+3]. The number of hydrogen-bond donors (Lipinski definition) is 0. The summed E-state index contributed by atoms with van der Waals surface area (Å²) in [7, 11) is 0. The molecule has 0 fully saturated rings. The molecule has 3 aromatic heterocycles. The summed E-state index contributed by atoms with van der Waals surface area (Å²) in [6.45, 7) is 27.8. The Morgan fingerprint density at radius 1 is 0.500 bits per heavy atom. The number of aromatic nitrogens is 3. The van der Waals surface area contributed by atoms with Gasteiger partial charge < -0.3 is 0 Å². The third-order valence-corrected chi connectivity index (χ3v) is 10.8.